The number of Topliss-reactive ketones (excluding diaryl/α,β-unsaturated/α-hetero) is 1. The number of hydrazone groups is 1. The number of hydrogen-bond acceptors (Lipinski definition) is 6. The minimum absolute atomic E-state index is 0.163. The fraction of sp³-hybridized carbons (Fsp3) is 0.0714. The Labute approximate surface area is 202 Å². The van der Waals surface area contributed by atoms with E-state index in [2.05, 4.69) is 15.5 Å². The Morgan fingerprint density at radius 1 is 0.886 bits per heavy atom. The Morgan fingerprint density at radius 2 is 1.63 bits per heavy atom. The summed E-state index contributed by atoms with van der Waals surface area (Å²) in [6.07, 6.45) is 1.61. The van der Waals surface area contributed by atoms with Crippen molar-refractivity contribution in [1.82, 2.24) is 0 Å². The second-order valence-corrected chi connectivity index (χ2v) is 7.81. The third kappa shape index (κ3) is 4.39. The van der Waals surface area contributed by atoms with Gasteiger partial charge in [-0.1, -0.05) is 54.6 Å². The zero-order chi connectivity index (χ0) is 24.2. The summed E-state index contributed by atoms with van der Waals surface area (Å²) in [4.78, 5) is 31.8. The quantitative estimate of drug-likeness (QED) is 0.129. The van der Waals surface area contributed by atoms with Gasteiger partial charge >= 0.3 is 5.97 Å². The molecule has 0 aliphatic carbocycles. The molecule has 7 nitrogen and oxygen atoms in total. The summed E-state index contributed by atoms with van der Waals surface area (Å²) in [5, 5.41) is 6.47. The van der Waals surface area contributed by atoms with Gasteiger partial charge in [0.15, 0.2) is 0 Å². The maximum absolute atomic E-state index is 13.6. The molecule has 4 aromatic carbocycles. The second kappa shape index (κ2) is 9.61. The van der Waals surface area contributed by atoms with Gasteiger partial charge < -0.3 is 4.74 Å². The van der Waals surface area contributed by atoms with E-state index in [4.69, 9.17) is 4.74 Å². The second-order valence-electron chi connectivity index (χ2n) is 7.81. The van der Waals surface area contributed by atoms with Crippen LogP contribution < -0.4 is 10.3 Å². The van der Waals surface area contributed by atoms with E-state index < -0.39 is 5.97 Å². The number of carbonyl (C=O) groups is 2. The maximum Gasteiger partial charge on any atom is 0.338 e. The molecule has 1 aliphatic heterocycles. The minimum Gasteiger partial charge on any atom is -0.462 e. The number of nitrogens with zero attached hydrogens (tertiary/aromatic N) is 3. The fourth-order valence-corrected chi connectivity index (χ4v) is 3.91. The van der Waals surface area contributed by atoms with Crippen molar-refractivity contribution in [2.45, 2.75) is 6.92 Å². The van der Waals surface area contributed by atoms with Crippen molar-refractivity contribution in [1.29, 1.82) is 0 Å². The third-order valence-corrected chi connectivity index (χ3v) is 5.59. The molecule has 4 aromatic rings. The fourth-order valence-electron chi connectivity index (χ4n) is 3.91. The molecule has 7 heteroatoms. The van der Waals surface area contributed by atoms with Gasteiger partial charge in [-0.05, 0) is 48.7 Å². The predicted octanol–water partition coefficient (Wildman–Crippen LogP) is 5.80. The summed E-state index contributed by atoms with van der Waals surface area (Å²) in [6, 6.07) is 27.5. The van der Waals surface area contributed by atoms with Gasteiger partial charge in [0.25, 0.3) is 0 Å². The molecule has 0 saturated carbocycles. The predicted molar refractivity (Wildman–Crippen MR) is 139 cm³/mol. The summed E-state index contributed by atoms with van der Waals surface area (Å²) in [6.45, 7) is 2.07. The first-order valence-electron chi connectivity index (χ1n) is 11.2. The molecule has 172 valence electrons. The molecule has 5 rings (SSSR count). The molecule has 0 radical (unpaired) electrons. The van der Waals surface area contributed by atoms with Crippen molar-refractivity contribution in [3.8, 4) is 0 Å². The molecular weight excluding hydrogens is 440 g/mol. The highest BCUT2D eigenvalue weighted by Crippen LogP contribution is 2.37. The van der Waals surface area contributed by atoms with Crippen LogP contribution in [-0.4, -0.2) is 30.5 Å². The van der Waals surface area contributed by atoms with E-state index in [1.54, 1.807) is 54.6 Å². The van der Waals surface area contributed by atoms with Crippen LogP contribution in [0.4, 0.5) is 17.1 Å². The Morgan fingerprint density at radius 3 is 2.37 bits per heavy atom. The van der Waals surface area contributed by atoms with Crippen LogP contribution in [0, 0.1) is 0 Å². The molecule has 0 unspecified atom stereocenters. The average Bonchev–Trinajstić information content (AvgIpc) is 2.91. The monoisotopic (exact) mass is 462 g/mol. The van der Waals surface area contributed by atoms with E-state index in [9.17, 15) is 9.59 Å². The third-order valence-electron chi connectivity index (χ3n) is 5.59. The molecule has 35 heavy (non-hydrogen) atoms. The van der Waals surface area contributed by atoms with Gasteiger partial charge in [0.2, 0.25) is 11.6 Å². The number of nitrogens with one attached hydrogen (secondary N) is 1. The standard InChI is InChI=1S/C28H22N4O3/c1-2-35-28(34)21-14-16-22(17-15-21)30-31-27(26(33)20-8-4-3-5-9-20)32-18-29-23-12-6-10-19-11-7-13-24(32)25(19)23/h3-18,30H,2H2,1H3/b31-27+. The number of rotatable bonds is 6. The lowest BCUT2D eigenvalue weighted by molar-refractivity contribution is 0.0526. The minimum atomic E-state index is -0.390. The number of benzene rings is 4. The number of carbonyl (C=O) groups excluding carboxylic acids is 2. The number of hydrogen-bond donors (Lipinski definition) is 1. The summed E-state index contributed by atoms with van der Waals surface area (Å²) in [7, 11) is 0. The molecule has 0 amide bonds. The first kappa shape index (κ1) is 22.0. The Kier molecular flexibility index (Phi) is 6.05. The number of ketones is 1. The first-order chi connectivity index (χ1) is 17.2. The van der Waals surface area contributed by atoms with Crippen LogP contribution in [0.2, 0.25) is 0 Å². The van der Waals surface area contributed by atoms with Gasteiger partial charge in [-0.25, -0.2) is 9.79 Å². The molecule has 0 bridgehead atoms. The van der Waals surface area contributed by atoms with Crippen molar-refractivity contribution in [2.24, 2.45) is 10.1 Å². The van der Waals surface area contributed by atoms with Crippen LogP contribution in [0.25, 0.3) is 10.8 Å². The van der Waals surface area contributed by atoms with Crippen molar-refractivity contribution in [3.63, 3.8) is 0 Å². The highest BCUT2D eigenvalue weighted by atomic mass is 16.5. The lowest BCUT2D eigenvalue weighted by atomic mass is 10.0. The normalized spacial score (nSPS) is 12.5. The van der Waals surface area contributed by atoms with E-state index in [-0.39, 0.29) is 11.6 Å². The van der Waals surface area contributed by atoms with E-state index >= 15 is 0 Å². The van der Waals surface area contributed by atoms with Gasteiger partial charge in [0.1, 0.15) is 6.34 Å². The Hall–Kier alpha value is -4.78. The van der Waals surface area contributed by atoms with Gasteiger partial charge in [0, 0.05) is 10.9 Å². The highest BCUT2D eigenvalue weighted by Gasteiger charge is 2.26. The van der Waals surface area contributed by atoms with E-state index in [1.165, 1.54) is 0 Å². The van der Waals surface area contributed by atoms with Crippen LogP contribution >= 0.6 is 0 Å². The zero-order valence-corrected chi connectivity index (χ0v) is 19.0. The number of anilines is 2. The van der Waals surface area contributed by atoms with Crippen molar-refractivity contribution >= 4 is 51.8 Å². The highest BCUT2D eigenvalue weighted by molar-refractivity contribution is 6.53. The molecule has 0 atom stereocenters. The smallest absolute Gasteiger partial charge is 0.338 e. The van der Waals surface area contributed by atoms with E-state index in [0.717, 1.165) is 22.1 Å². The number of ether oxygens (including phenoxy) is 1. The van der Waals surface area contributed by atoms with Crippen LogP contribution in [0.5, 0.6) is 0 Å². The van der Waals surface area contributed by atoms with Crippen LogP contribution in [0.15, 0.2) is 101 Å². The van der Waals surface area contributed by atoms with Gasteiger partial charge in [-0.15, -0.1) is 0 Å². The SMILES string of the molecule is CCOC(=O)c1ccc(N/N=C(\C(=O)c2ccccc2)N2C=Nc3cccc4cccc2c34)cc1. The van der Waals surface area contributed by atoms with Crippen molar-refractivity contribution in [3.05, 3.63) is 102 Å². The van der Waals surface area contributed by atoms with Crippen molar-refractivity contribution in [2.75, 3.05) is 16.9 Å². The Balaban J connectivity index is 1.53. The topological polar surface area (TPSA) is 83.4 Å². The summed E-state index contributed by atoms with van der Waals surface area (Å²) in [5.41, 5.74) is 6.17. The zero-order valence-electron chi connectivity index (χ0n) is 19.0. The van der Waals surface area contributed by atoms with Crippen LogP contribution in [-0.2, 0) is 4.74 Å². The van der Waals surface area contributed by atoms with Gasteiger partial charge in [-0.3, -0.25) is 15.1 Å². The molecule has 1 N–H and O–H groups in total. The van der Waals surface area contributed by atoms with Crippen LogP contribution in [0.1, 0.15) is 27.6 Å². The average molecular weight is 463 g/mol. The Bertz CT molecular complexity index is 1460. The van der Waals surface area contributed by atoms with Crippen LogP contribution in [0.3, 0.4) is 0 Å². The molecule has 1 aliphatic rings. The molecule has 0 spiro atoms. The summed E-state index contributed by atoms with van der Waals surface area (Å²) >= 11 is 0. The number of aliphatic imine (C=N–C) groups is 1. The summed E-state index contributed by atoms with van der Waals surface area (Å²) in [5.74, 6) is -0.487. The molecule has 0 fully saturated rings. The maximum atomic E-state index is 13.6. The largest absolute Gasteiger partial charge is 0.462 e. The molecule has 0 saturated heterocycles. The number of esters is 1. The van der Waals surface area contributed by atoms with Gasteiger partial charge in [0.05, 0.1) is 29.2 Å². The first-order valence-corrected chi connectivity index (χ1v) is 11.2. The lowest BCUT2D eigenvalue weighted by Gasteiger charge is -2.26. The molecule has 0 aromatic heterocycles. The van der Waals surface area contributed by atoms with Crippen molar-refractivity contribution < 1.29 is 14.3 Å². The molecular formula is C28H22N4O3. The number of amidine groups is 1. The van der Waals surface area contributed by atoms with E-state index in [1.807, 2.05) is 54.6 Å². The summed E-state index contributed by atoms with van der Waals surface area (Å²) < 4.78 is 5.03. The lowest BCUT2D eigenvalue weighted by Crippen LogP contribution is -2.37. The molecule has 1 heterocycles. The van der Waals surface area contributed by atoms with Gasteiger partial charge in [-0.2, -0.15) is 5.10 Å². The van der Waals surface area contributed by atoms with E-state index in [0.29, 0.717) is 23.4 Å².